The molecule has 0 saturated heterocycles. The standard InChI is InChI=1S/C20H18F3N3O2/c1-13-7-9-15(10-8-13)26-18(20(21,22)23)16(11-24-26)19(27)25-17-6-4-3-5-14(17)12-28-2/h3-11H,12H2,1-2H3,(H,25,27). The van der Waals surface area contributed by atoms with Crippen LogP contribution in [0.4, 0.5) is 18.9 Å². The van der Waals surface area contributed by atoms with Crippen molar-refractivity contribution in [3.05, 3.63) is 77.1 Å². The van der Waals surface area contributed by atoms with E-state index in [-0.39, 0.29) is 12.3 Å². The first-order valence-corrected chi connectivity index (χ1v) is 8.41. The zero-order valence-corrected chi connectivity index (χ0v) is 15.2. The molecular formula is C20H18F3N3O2. The van der Waals surface area contributed by atoms with Crippen LogP contribution in [-0.4, -0.2) is 22.8 Å². The quantitative estimate of drug-likeness (QED) is 0.694. The van der Waals surface area contributed by atoms with Gasteiger partial charge in [0.15, 0.2) is 5.69 Å². The number of hydrogen-bond donors (Lipinski definition) is 1. The van der Waals surface area contributed by atoms with Gasteiger partial charge in [0.1, 0.15) is 0 Å². The summed E-state index contributed by atoms with van der Waals surface area (Å²) in [5, 5.41) is 6.34. The second kappa shape index (κ2) is 7.85. The van der Waals surface area contributed by atoms with E-state index in [4.69, 9.17) is 4.74 Å². The number of alkyl halides is 3. The van der Waals surface area contributed by atoms with Gasteiger partial charge in [-0.2, -0.15) is 18.3 Å². The summed E-state index contributed by atoms with van der Waals surface area (Å²) in [5.41, 5.74) is 0.468. The highest BCUT2D eigenvalue weighted by molar-refractivity contribution is 6.05. The zero-order valence-electron chi connectivity index (χ0n) is 15.2. The predicted octanol–water partition coefficient (Wildman–Crippen LogP) is 4.60. The molecule has 1 amide bonds. The molecule has 5 nitrogen and oxygen atoms in total. The van der Waals surface area contributed by atoms with Crippen molar-refractivity contribution in [3.8, 4) is 5.69 Å². The minimum atomic E-state index is -4.76. The van der Waals surface area contributed by atoms with Crippen molar-refractivity contribution in [2.45, 2.75) is 19.7 Å². The second-order valence-electron chi connectivity index (χ2n) is 6.20. The van der Waals surface area contributed by atoms with E-state index < -0.39 is 23.3 Å². The van der Waals surface area contributed by atoms with Crippen LogP contribution in [0.2, 0.25) is 0 Å². The topological polar surface area (TPSA) is 56.1 Å². The molecule has 1 N–H and O–H groups in total. The molecule has 0 saturated carbocycles. The van der Waals surface area contributed by atoms with Crippen LogP contribution in [-0.2, 0) is 17.5 Å². The molecule has 0 fully saturated rings. The first kappa shape index (κ1) is 19.6. The van der Waals surface area contributed by atoms with E-state index in [1.165, 1.54) is 19.2 Å². The van der Waals surface area contributed by atoms with Gasteiger partial charge in [0.2, 0.25) is 0 Å². The van der Waals surface area contributed by atoms with Crippen molar-refractivity contribution in [3.63, 3.8) is 0 Å². The largest absolute Gasteiger partial charge is 0.434 e. The van der Waals surface area contributed by atoms with Crippen molar-refractivity contribution < 1.29 is 22.7 Å². The molecular weight excluding hydrogens is 371 g/mol. The maximum Gasteiger partial charge on any atom is 0.434 e. The number of rotatable bonds is 5. The minimum Gasteiger partial charge on any atom is -0.380 e. The van der Waals surface area contributed by atoms with Crippen LogP contribution in [0.15, 0.2) is 54.7 Å². The van der Waals surface area contributed by atoms with Crippen LogP contribution in [0.25, 0.3) is 5.69 Å². The number of methoxy groups -OCH3 is 1. The molecule has 8 heteroatoms. The fourth-order valence-electron chi connectivity index (χ4n) is 2.78. The van der Waals surface area contributed by atoms with Gasteiger partial charge in [0.25, 0.3) is 5.91 Å². The lowest BCUT2D eigenvalue weighted by Crippen LogP contribution is -2.21. The normalized spacial score (nSPS) is 11.5. The van der Waals surface area contributed by atoms with E-state index in [9.17, 15) is 18.0 Å². The van der Waals surface area contributed by atoms with E-state index in [0.29, 0.717) is 11.3 Å². The predicted molar refractivity (Wildman–Crippen MR) is 98.4 cm³/mol. The van der Waals surface area contributed by atoms with Crippen molar-refractivity contribution in [2.24, 2.45) is 0 Å². The van der Waals surface area contributed by atoms with Crippen LogP contribution < -0.4 is 5.32 Å². The van der Waals surface area contributed by atoms with Gasteiger partial charge in [-0.1, -0.05) is 35.9 Å². The molecule has 146 valence electrons. The lowest BCUT2D eigenvalue weighted by atomic mass is 10.1. The average Bonchev–Trinajstić information content (AvgIpc) is 3.10. The Balaban J connectivity index is 2.00. The maximum absolute atomic E-state index is 13.7. The highest BCUT2D eigenvalue weighted by Crippen LogP contribution is 2.34. The van der Waals surface area contributed by atoms with Gasteiger partial charge in [0, 0.05) is 18.4 Å². The Bertz CT molecular complexity index is 979. The van der Waals surface area contributed by atoms with Crippen LogP contribution in [0.3, 0.4) is 0 Å². The van der Waals surface area contributed by atoms with Crippen LogP contribution >= 0.6 is 0 Å². The summed E-state index contributed by atoms with van der Waals surface area (Å²) in [6, 6.07) is 13.1. The van der Waals surface area contributed by atoms with Gasteiger partial charge < -0.3 is 10.1 Å². The lowest BCUT2D eigenvalue weighted by Gasteiger charge is -2.14. The highest BCUT2D eigenvalue weighted by atomic mass is 19.4. The molecule has 0 spiro atoms. The maximum atomic E-state index is 13.7. The number of anilines is 1. The number of halogens is 3. The lowest BCUT2D eigenvalue weighted by molar-refractivity contribution is -0.143. The van der Waals surface area contributed by atoms with E-state index in [0.717, 1.165) is 16.4 Å². The highest BCUT2D eigenvalue weighted by Gasteiger charge is 2.40. The number of benzene rings is 2. The molecule has 0 bridgehead atoms. The molecule has 0 unspecified atom stereocenters. The van der Waals surface area contributed by atoms with Crippen LogP contribution in [0.5, 0.6) is 0 Å². The van der Waals surface area contributed by atoms with Gasteiger partial charge >= 0.3 is 6.18 Å². The number of amides is 1. The Morgan fingerprint density at radius 3 is 2.46 bits per heavy atom. The van der Waals surface area contributed by atoms with Crippen molar-refractivity contribution in [2.75, 3.05) is 12.4 Å². The number of para-hydroxylation sites is 1. The Hall–Kier alpha value is -3.13. The van der Waals surface area contributed by atoms with Gasteiger partial charge in [-0.15, -0.1) is 0 Å². The summed E-state index contributed by atoms with van der Waals surface area (Å²) in [7, 11) is 1.49. The summed E-state index contributed by atoms with van der Waals surface area (Å²) in [6.45, 7) is 2.04. The third kappa shape index (κ3) is 4.07. The number of ether oxygens (including phenoxy) is 1. The SMILES string of the molecule is COCc1ccccc1NC(=O)c1cnn(-c2ccc(C)cc2)c1C(F)(F)F. The van der Waals surface area contributed by atoms with Crippen LogP contribution in [0, 0.1) is 6.92 Å². The Morgan fingerprint density at radius 2 is 1.82 bits per heavy atom. The molecule has 0 aliphatic carbocycles. The fourth-order valence-corrected chi connectivity index (χ4v) is 2.78. The number of aryl methyl sites for hydroxylation is 1. The van der Waals surface area contributed by atoms with Gasteiger partial charge in [-0.3, -0.25) is 4.79 Å². The third-order valence-electron chi connectivity index (χ3n) is 4.13. The van der Waals surface area contributed by atoms with E-state index in [1.807, 2.05) is 6.92 Å². The van der Waals surface area contributed by atoms with Gasteiger partial charge in [0.05, 0.1) is 24.1 Å². The summed E-state index contributed by atoms with van der Waals surface area (Å²) >= 11 is 0. The molecule has 0 atom stereocenters. The summed E-state index contributed by atoms with van der Waals surface area (Å²) in [5.74, 6) is -0.894. The Labute approximate surface area is 159 Å². The second-order valence-corrected chi connectivity index (χ2v) is 6.20. The first-order valence-electron chi connectivity index (χ1n) is 8.41. The molecule has 2 aromatic carbocycles. The van der Waals surface area contributed by atoms with Gasteiger partial charge in [-0.05, 0) is 25.1 Å². The first-order chi connectivity index (χ1) is 13.3. The van der Waals surface area contributed by atoms with Crippen LogP contribution in [0.1, 0.15) is 27.2 Å². The summed E-state index contributed by atoms with van der Waals surface area (Å²) in [6.07, 6.45) is -3.84. The summed E-state index contributed by atoms with van der Waals surface area (Å²) < 4.78 is 47.0. The minimum absolute atomic E-state index is 0.214. The number of nitrogens with one attached hydrogen (secondary N) is 1. The Morgan fingerprint density at radius 1 is 1.14 bits per heavy atom. The zero-order chi connectivity index (χ0) is 20.3. The molecule has 3 rings (SSSR count). The van der Waals surface area contributed by atoms with Gasteiger partial charge in [-0.25, -0.2) is 4.68 Å². The molecule has 1 heterocycles. The van der Waals surface area contributed by atoms with Crippen molar-refractivity contribution in [1.82, 2.24) is 9.78 Å². The van der Waals surface area contributed by atoms with Crippen molar-refractivity contribution in [1.29, 1.82) is 0 Å². The number of carbonyl (C=O) groups is 1. The molecule has 3 aromatic rings. The molecule has 0 aliphatic rings. The van der Waals surface area contributed by atoms with Crippen molar-refractivity contribution >= 4 is 11.6 Å². The molecule has 0 aliphatic heterocycles. The number of carbonyl (C=O) groups excluding carboxylic acids is 1. The number of aromatic nitrogens is 2. The Kier molecular flexibility index (Phi) is 5.51. The van der Waals surface area contributed by atoms with E-state index >= 15 is 0 Å². The monoisotopic (exact) mass is 389 g/mol. The smallest absolute Gasteiger partial charge is 0.380 e. The number of nitrogens with zero attached hydrogens (tertiary/aromatic N) is 2. The molecule has 1 aromatic heterocycles. The third-order valence-corrected chi connectivity index (χ3v) is 4.13. The number of hydrogen-bond acceptors (Lipinski definition) is 3. The average molecular weight is 389 g/mol. The molecule has 28 heavy (non-hydrogen) atoms. The van der Waals surface area contributed by atoms with E-state index in [1.54, 1.807) is 36.4 Å². The fraction of sp³-hybridized carbons (Fsp3) is 0.200. The van der Waals surface area contributed by atoms with E-state index in [2.05, 4.69) is 10.4 Å². The summed E-state index contributed by atoms with van der Waals surface area (Å²) in [4.78, 5) is 12.6. The molecule has 0 radical (unpaired) electrons.